The van der Waals surface area contributed by atoms with E-state index in [1.165, 1.54) is 0 Å². The minimum atomic E-state index is -0.331. The van der Waals surface area contributed by atoms with E-state index >= 15 is 0 Å². The lowest BCUT2D eigenvalue weighted by Gasteiger charge is -2.11. The van der Waals surface area contributed by atoms with E-state index in [2.05, 4.69) is 17.5 Å². The zero-order valence-corrected chi connectivity index (χ0v) is 18.1. The fourth-order valence-corrected chi connectivity index (χ4v) is 3.53. The van der Waals surface area contributed by atoms with Crippen LogP contribution in [0.3, 0.4) is 0 Å². The number of benzene rings is 4. The summed E-state index contributed by atoms with van der Waals surface area (Å²) < 4.78 is 11.7. The molecule has 0 aromatic heterocycles. The largest absolute Gasteiger partial charge is 0.493 e. The number of hydrogen-bond donors (Lipinski definition) is 1. The van der Waals surface area contributed by atoms with Crippen molar-refractivity contribution in [3.8, 4) is 11.5 Å². The summed E-state index contributed by atoms with van der Waals surface area (Å²) in [5.41, 5.74) is 3.40. The summed E-state index contributed by atoms with van der Waals surface area (Å²) in [6.45, 7) is 2.64. The Labute approximate surface area is 187 Å². The Morgan fingerprint density at radius 2 is 1.56 bits per heavy atom. The van der Waals surface area contributed by atoms with E-state index in [9.17, 15) is 4.79 Å². The van der Waals surface area contributed by atoms with Gasteiger partial charge in [-0.15, -0.1) is 0 Å². The molecule has 4 rings (SSSR count). The fraction of sp³-hybridized carbons (Fsp3) is 0.185. The van der Waals surface area contributed by atoms with E-state index in [-0.39, 0.29) is 12.5 Å². The van der Waals surface area contributed by atoms with Crippen LogP contribution in [0, 0.1) is 0 Å². The Morgan fingerprint density at radius 3 is 2.38 bits per heavy atom. The van der Waals surface area contributed by atoms with E-state index in [0.29, 0.717) is 12.4 Å². The first kappa shape index (κ1) is 21.4. The van der Waals surface area contributed by atoms with Gasteiger partial charge in [-0.2, -0.15) is 5.10 Å². The molecule has 1 amide bonds. The molecule has 0 spiro atoms. The zero-order valence-electron chi connectivity index (χ0n) is 18.1. The van der Waals surface area contributed by atoms with Crippen molar-refractivity contribution in [1.29, 1.82) is 0 Å². The predicted molar refractivity (Wildman–Crippen MR) is 130 cm³/mol. The third-order valence-electron chi connectivity index (χ3n) is 5.18. The molecule has 5 heteroatoms. The Morgan fingerprint density at radius 1 is 0.844 bits per heavy atom. The first-order valence-corrected chi connectivity index (χ1v) is 10.8. The highest BCUT2D eigenvalue weighted by atomic mass is 16.5. The van der Waals surface area contributed by atoms with Crippen molar-refractivity contribution in [3.05, 3.63) is 84.4 Å². The van der Waals surface area contributed by atoms with Gasteiger partial charge in [0.05, 0.1) is 12.8 Å². The second kappa shape index (κ2) is 10.4. The summed E-state index contributed by atoms with van der Waals surface area (Å²) >= 11 is 0. The molecular weight excluding hydrogens is 400 g/mol. The van der Waals surface area contributed by atoms with Crippen molar-refractivity contribution < 1.29 is 14.3 Å². The Hall–Kier alpha value is -3.86. The van der Waals surface area contributed by atoms with Gasteiger partial charge in [-0.3, -0.25) is 4.79 Å². The molecule has 0 saturated heterocycles. The second-order valence-electron chi connectivity index (χ2n) is 7.46. The third kappa shape index (κ3) is 5.06. The lowest BCUT2D eigenvalue weighted by atomic mass is 10.0. The minimum Gasteiger partial charge on any atom is -0.493 e. The van der Waals surface area contributed by atoms with Crippen LogP contribution in [0.5, 0.6) is 11.5 Å². The van der Waals surface area contributed by atoms with Gasteiger partial charge in [-0.1, -0.05) is 80.1 Å². The molecule has 1 N–H and O–H groups in total. The van der Waals surface area contributed by atoms with Crippen molar-refractivity contribution >= 4 is 33.7 Å². The summed E-state index contributed by atoms with van der Waals surface area (Å²) in [5, 5.41) is 8.31. The molecule has 0 aliphatic rings. The number of carbonyl (C=O) groups excluding carboxylic acids is 1. The highest BCUT2D eigenvalue weighted by Crippen LogP contribution is 2.27. The Balaban J connectivity index is 1.44. The van der Waals surface area contributed by atoms with E-state index in [4.69, 9.17) is 9.47 Å². The molecule has 162 valence electrons. The quantitative estimate of drug-likeness (QED) is 0.212. The highest BCUT2D eigenvalue weighted by Gasteiger charge is 2.08. The van der Waals surface area contributed by atoms with Gasteiger partial charge >= 0.3 is 0 Å². The van der Waals surface area contributed by atoms with Gasteiger partial charge in [0.25, 0.3) is 5.91 Å². The number of fused-ring (bicyclic) bond motifs is 2. The van der Waals surface area contributed by atoms with Crippen LogP contribution in [0.4, 0.5) is 0 Å². The molecule has 0 unspecified atom stereocenters. The number of hydrogen-bond acceptors (Lipinski definition) is 4. The molecule has 4 aromatic carbocycles. The molecule has 0 fully saturated rings. The normalized spacial score (nSPS) is 11.2. The standard InChI is InChI=1S/C27H26N2O3/c1-2-3-17-31-26-16-15-21-10-4-6-12-22(21)24(26)18-28-29-27(30)19-32-25-14-8-11-20-9-5-7-13-23(20)25/h4-16,18H,2-3,17,19H2,1H3,(H,29,30)/b28-18+. The van der Waals surface area contributed by atoms with Gasteiger partial charge in [-0.05, 0) is 34.7 Å². The second-order valence-corrected chi connectivity index (χ2v) is 7.46. The molecule has 0 heterocycles. The lowest BCUT2D eigenvalue weighted by Crippen LogP contribution is -2.24. The summed E-state index contributed by atoms with van der Waals surface area (Å²) in [6, 6.07) is 25.7. The maximum atomic E-state index is 12.3. The molecule has 0 aliphatic heterocycles. The van der Waals surface area contributed by atoms with Gasteiger partial charge in [0.15, 0.2) is 6.61 Å². The average molecular weight is 427 g/mol. The highest BCUT2D eigenvalue weighted by molar-refractivity contribution is 6.02. The summed E-state index contributed by atoms with van der Waals surface area (Å²) in [6.07, 6.45) is 3.68. The van der Waals surface area contributed by atoms with Gasteiger partial charge in [0.1, 0.15) is 11.5 Å². The lowest BCUT2D eigenvalue weighted by molar-refractivity contribution is -0.123. The number of rotatable bonds is 9. The first-order chi connectivity index (χ1) is 15.8. The van der Waals surface area contributed by atoms with Crippen molar-refractivity contribution in [2.45, 2.75) is 19.8 Å². The number of amides is 1. The summed E-state index contributed by atoms with van der Waals surface area (Å²) in [4.78, 5) is 12.3. The molecule has 0 radical (unpaired) electrons. The van der Waals surface area contributed by atoms with E-state index < -0.39 is 0 Å². The van der Waals surface area contributed by atoms with Gasteiger partial charge in [0, 0.05) is 10.9 Å². The zero-order chi connectivity index (χ0) is 22.2. The maximum Gasteiger partial charge on any atom is 0.277 e. The number of hydrazone groups is 1. The van der Waals surface area contributed by atoms with Crippen molar-refractivity contribution in [2.75, 3.05) is 13.2 Å². The molecular formula is C27H26N2O3. The Kier molecular flexibility index (Phi) is 6.98. The van der Waals surface area contributed by atoms with Crippen LogP contribution in [-0.4, -0.2) is 25.3 Å². The maximum absolute atomic E-state index is 12.3. The van der Waals surface area contributed by atoms with Gasteiger partial charge in [0.2, 0.25) is 0 Å². The summed E-state index contributed by atoms with van der Waals surface area (Å²) in [5.74, 6) is 1.09. The van der Waals surface area contributed by atoms with E-state index in [0.717, 1.165) is 45.7 Å². The SMILES string of the molecule is CCCCOc1ccc2ccccc2c1/C=N/NC(=O)COc1cccc2ccccc12. The molecule has 4 aromatic rings. The fourth-order valence-electron chi connectivity index (χ4n) is 3.53. The summed E-state index contributed by atoms with van der Waals surface area (Å²) in [7, 11) is 0. The van der Waals surface area contributed by atoms with E-state index in [1.807, 2.05) is 78.9 Å². The van der Waals surface area contributed by atoms with Crippen molar-refractivity contribution in [1.82, 2.24) is 5.43 Å². The van der Waals surface area contributed by atoms with Crippen molar-refractivity contribution in [2.24, 2.45) is 5.10 Å². The van der Waals surface area contributed by atoms with Crippen LogP contribution in [0.15, 0.2) is 84.0 Å². The van der Waals surface area contributed by atoms with Crippen LogP contribution in [-0.2, 0) is 4.79 Å². The number of nitrogens with zero attached hydrogens (tertiary/aromatic N) is 1. The molecule has 0 atom stereocenters. The third-order valence-corrected chi connectivity index (χ3v) is 5.18. The Bertz CT molecular complexity index is 1240. The van der Waals surface area contributed by atoms with Crippen LogP contribution in [0.25, 0.3) is 21.5 Å². The number of ether oxygens (including phenoxy) is 2. The molecule has 0 aliphatic carbocycles. The van der Waals surface area contributed by atoms with Crippen molar-refractivity contribution in [3.63, 3.8) is 0 Å². The number of nitrogens with one attached hydrogen (secondary N) is 1. The van der Waals surface area contributed by atoms with Gasteiger partial charge in [-0.25, -0.2) is 5.43 Å². The van der Waals surface area contributed by atoms with Crippen LogP contribution >= 0.6 is 0 Å². The van der Waals surface area contributed by atoms with Crippen LogP contribution in [0.1, 0.15) is 25.3 Å². The van der Waals surface area contributed by atoms with Crippen LogP contribution < -0.4 is 14.9 Å². The topological polar surface area (TPSA) is 59.9 Å². The molecule has 5 nitrogen and oxygen atoms in total. The average Bonchev–Trinajstić information content (AvgIpc) is 2.83. The number of carbonyl (C=O) groups is 1. The molecule has 32 heavy (non-hydrogen) atoms. The van der Waals surface area contributed by atoms with Crippen LogP contribution in [0.2, 0.25) is 0 Å². The first-order valence-electron chi connectivity index (χ1n) is 10.8. The molecule has 0 bridgehead atoms. The van der Waals surface area contributed by atoms with E-state index in [1.54, 1.807) is 6.21 Å². The minimum absolute atomic E-state index is 0.124. The predicted octanol–water partition coefficient (Wildman–Crippen LogP) is 5.70. The molecule has 0 saturated carbocycles. The smallest absolute Gasteiger partial charge is 0.277 e. The number of unbranched alkanes of at least 4 members (excludes halogenated alkanes) is 1. The monoisotopic (exact) mass is 426 g/mol. The van der Waals surface area contributed by atoms with Gasteiger partial charge < -0.3 is 9.47 Å².